The summed E-state index contributed by atoms with van der Waals surface area (Å²) in [4.78, 5) is 35.5. The lowest BCUT2D eigenvalue weighted by Gasteiger charge is -2.09. The number of carbonyl (C=O) groups is 3. The second-order valence-electron chi connectivity index (χ2n) is 6.61. The van der Waals surface area contributed by atoms with E-state index in [1.807, 2.05) is 30.3 Å². The van der Waals surface area contributed by atoms with E-state index in [9.17, 15) is 14.4 Å². The van der Waals surface area contributed by atoms with Gasteiger partial charge in [-0.15, -0.1) is 0 Å². The van der Waals surface area contributed by atoms with Gasteiger partial charge in [-0.3, -0.25) is 14.4 Å². The molecule has 3 aromatic rings. The van der Waals surface area contributed by atoms with Gasteiger partial charge < -0.3 is 20.1 Å². The van der Waals surface area contributed by atoms with Crippen LogP contribution in [0.4, 0.5) is 11.4 Å². The predicted molar refractivity (Wildman–Crippen MR) is 117 cm³/mol. The van der Waals surface area contributed by atoms with Crippen molar-refractivity contribution >= 4 is 29.2 Å². The van der Waals surface area contributed by atoms with Crippen molar-refractivity contribution in [3.05, 3.63) is 84.4 Å². The first-order valence-electron chi connectivity index (χ1n) is 9.67. The molecule has 2 N–H and O–H groups in total. The minimum Gasteiger partial charge on any atom is -0.493 e. The van der Waals surface area contributed by atoms with Crippen LogP contribution in [0.15, 0.2) is 78.9 Å². The average Bonchev–Trinajstić information content (AvgIpc) is 2.75. The van der Waals surface area contributed by atoms with Gasteiger partial charge in [0.15, 0.2) is 0 Å². The second-order valence-corrected chi connectivity index (χ2v) is 6.61. The molecule has 0 saturated heterocycles. The van der Waals surface area contributed by atoms with Crippen LogP contribution in [0.25, 0.3) is 0 Å². The van der Waals surface area contributed by atoms with Crippen molar-refractivity contribution in [3.8, 4) is 11.5 Å². The highest BCUT2D eigenvalue weighted by Crippen LogP contribution is 2.18. The van der Waals surface area contributed by atoms with Gasteiger partial charge in [0.25, 0.3) is 5.91 Å². The summed E-state index contributed by atoms with van der Waals surface area (Å²) in [6, 6.07) is 22.4. The molecule has 7 heteroatoms. The lowest BCUT2D eigenvalue weighted by Crippen LogP contribution is -2.15. The van der Waals surface area contributed by atoms with Crippen LogP contribution in [0, 0.1) is 0 Å². The van der Waals surface area contributed by atoms with E-state index in [0.717, 1.165) is 0 Å². The minimum atomic E-state index is -0.457. The number of para-hydroxylation sites is 1. The second kappa shape index (κ2) is 10.6. The third kappa shape index (κ3) is 7.01. The summed E-state index contributed by atoms with van der Waals surface area (Å²) in [5, 5.41) is 5.55. The van der Waals surface area contributed by atoms with Crippen molar-refractivity contribution in [2.24, 2.45) is 0 Å². The zero-order chi connectivity index (χ0) is 22.1. The number of anilines is 2. The van der Waals surface area contributed by atoms with Gasteiger partial charge in [0, 0.05) is 23.9 Å². The molecule has 0 heterocycles. The van der Waals surface area contributed by atoms with Crippen LogP contribution in [-0.2, 0) is 9.59 Å². The monoisotopic (exact) mass is 418 g/mol. The summed E-state index contributed by atoms with van der Waals surface area (Å²) in [6.45, 7) is 1.57. The summed E-state index contributed by atoms with van der Waals surface area (Å²) >= 11 is 0. The Labute approximate surface area is 180 Å². The summed E-state index contributed by atoms with van der Waals surface area (Å²) in [5.41, 5.74) is 1.53. The SMILES string of the molecule is CC(=O)Oc1cccc(C(=O)Nc2ccc(NC(=O)CCOc3ccccc3)cc2)c1. The zero-order valence-electron chi connectivity index (χ0n) is 17.0. The third-order valence-corrected chi connectivity index (χ3v) is 4.13. The maximum atomic E-state index is 12.4. The molecular formula is C24H22N2O5. The molecule has 3 rings (SSSR count). The first-order chi connectivity index (χ1) is 15.0. The quantitative estimate of drug-likeness (QED) is 0.421. The molecule has 0 fully saturated rings. The fourth-order valence-electron chi connectivity index (χ4n) is 2.71. The maximum absolute atomic E-state index is 12.4. The fourth-order valence-corrected chi connectivity index (χ4v) is 2.71. The highest BCUT2D eigenvalue weighted by molar-refractivity contribution is 6.04. The predicted octanol–water partition coefficient (Wildman–Crippen LogP) is 4.27. The number of carbonyl (C=O) groups excluding carboxylic acids is 3. The standard InChI is InChI=1S/C24H22N2O5/c1-17(27)31-22-9-5-6-18(16-22)24(29)26-20-12-10-19(11-13-20)25-23(28)14-15-30-21-7-3-2-4-8-21/h2-13,16H,14-15H2,1H3,(H,25,28)(H,26,29). The van der Waals surface area contributed by atoms with E-state index in [-0.39, 0.29) is 24.8 Å². The largest absolute Gasteiger partial charge is 0.493 e. The van der Waals surface area contributed by atoms with E-state index < -0.39 is 5.97 Å². The van der Waals surface area contributed by atoms with Crippen LogP contribution >= 0.6 is 0 Å². The van der Waals surface area contributed by atoms with Crippen molar-refractivity contribution in [1.82, 2.24) is 0 Å². The first kappa shape index (κ1) is 21.6. The van der Waals surface area contributed by atoms with Crippen LogP contribution < -0.4 is 20.1 Å². The number of nitrogens with one attached hydrogen (secondary N) is 2. The van der Waals surface area contributed by atoms with Gasteiger partial charge in [-0.05, 0) is 54.6 Å². The Balaban J connectivity index is 1.49. The fraction of sp³-hybridized carbons (Fsp3) is 0.125. The highest BCUT2D eigenvalue weighted by atomic mass is 16.5. The minimum absolute atomic E-state index is 0.171. The summed E-state index contributed by atoms with van der Waals surface area (Å²) in [7, 11) is 0. The lowest BCUT2D eigenvalue weighted by molar-refractivity contribution is -0.131. The maximum Gasteiger partial charge on any atom is 0.308 e. The number of esters is 1. The number of hydrogen-bond acceptors (Lipinski definition) is 5. The molecule has 0 aliphatic rings. The molecule has 0 unspecified atom stereocenters. The van der Waals surface area contributed by atoms with Crippen LogP contribution in [-0.4, -0.2) is 24.4 Å². The average molecular weight is 418 g/mol. The van der Waals surface area contributed by atoms with E-state index >= 15 is 0 Å². The van der Waals surface area contributed by atoms with Gasteiger partial charge in [-0.2, -0.15) is 0 Å². The van der Waals surface area contributed by atoms with Crippen molar-refractivity contribution in [3.63, 3.8) is 0 Å². The molecule has 2 amide bonds. The van der Waals surface area contributed by atoms with Gasteiger partial charge in [-0.25, -0.2) is 0 Å². The number of hydrogen-bond donors (Lipinski definition) is 2. The number of ether oxygens (including phenoxy) is 2. The Morgan fingerprint density at radius 1 is 0.774 bits per heavy atom. The van der Waals surface area contributed by atoms with Crippen LogP contribution in [0.2, 0.25) is 0 Å². The Hall–Kier alpha value is -4.13. The molecule has 0 aliphatic heterocycles. The molecular weight excluding hydrogens is 396 g/mol. The Morgan fingerprint density at radius 2 is 1.42 bits per heavy atom. The Morgan fingerprint density at radius 3 is 2.10 bits per heavy atom. The number of benzene rings is 3. The van der Waals surface area contributed by atoms with E-state index in [1.54, 1.807) is 42.5 Å². The normalized spacial score (nSPS) is 10.1. The van der Waals surface area contributed by atoms with Crippen molar-refractivity contribution in [2.45, 2.75) is 13.3 Å². The summed E-state index contributed by atoms with van der Waals surface area (Å²) < 4.78 is 10.5. The summed E-state index contributed by atoms with van der Waals surface area (Å²) in [5.74, 6) is 0.0453. The Kier molecular flexibility index (Phi) is 7.37. The van der Waals surface area contributed by atoms with Gasteiger partial charge in [0.2, 0.25) is 5.91 Å². The molecule has 0 aliphatic carbocycles. The van der Waals surface area contributed by atoms with Gasteiger partial charge in [0.05, 0.1) is 13.0 Å². The molecule has 158 valence electrons. The van der Waals surface area contributed by atoms with Gasteiger partial charge in [-0.1, -0.05) is 24.3 Å². The van der Waals surface area contributed by atoms with Crippen molar-refractivity contribution < 1.29 is 23.9 Å². The van der Waals surface area contributed by atoms with E-state index in [1.165, 1.54) is 13.0 Å². The van der Waals surface area contributed by atoms with Gasteiger partial charge in [0.1, 0.15) is 11.5 Å². The van der Waals surface area contributed by atoms with Crippen LogP contribution in [0.1, 0.15) is 23.7 Å². The molecule has 0 saturated carbocycles. The van der Waals surface area contributed by atoms with Gasteiger partial charge >= 0.3 is 5.97 Å². The molecule has 0 aromatic heterocycles. The Bertz CT molecular complexity index is 1050. The molecule has 0 radical (unpaired) electrons. The van der Waals surface area contributed by atoms with Crippen molar-refractivity contribution in [1.29, 1.82) is 0 Å². The van der Waals surface area contributed by atoms with E-state index in [2.05, 4.69) is 10.6 Å². The first-order valence-corrected chi connectivity index (χ1v) is 9.67. The molecule has 0 spiro atoms. The topological polar surface area (TPSA) is 93.7 Å². The third-order valence-electron chi connectivity index (χ3n) is 4.13. The lowest BCUT2D eigenvalue weighted by atomic mass is 10.2. The molecule has 3 aromatic carbocycles. The van der Waals surface area contributed by atoms with E-state index in [0.29, 0.717) is 28.4 Å². The van der Waals surface area contributed by atoms with Crippen LogP contribution in [0.3, 0.4) is 0 Å². The van der Waals surface area contributed by atoms with Crippen LogP contribution in [0.5, 0.6) is 11.5 Å². The highest BCUT2D eigenvalue weighted by Gasteiger charge is 2.09. The molecule has 31 heavy (non-hydrogen) atoms. The summed E-state index contributed by atoms with van der Waals surface area (Å²) in [6.07, 6.45) is 0.214. The molecule has 7 nitrogen and oxygen atoms in total. The smallest absolute Gasteiger partial charge is 0.308 e. The molecule has 0 bridgehead atoms. The molecule has 0 atom stereocenters. The number of amides is 2. The number of rotatable bonds is 8. The van der Waals surface area contributed by atoms with Crippen molar-refractivity contribution in [2.75, 3.05) is 17.2 Å². The van der Waals surface area contributed by atoms with E-state index in [4.69, 9.17) is 9.47 Å². The zero-order valence-corrected chi connectivity index (χ0v) is 17.0.